The number of amides is 4. The number of benzene rings is 2. The lowest BCUT2D eigenvalue weighted by atomic mass is 9.85. The molecular weight excluding hydrogens is 905 g/mol. The molecule has 1 saturated carbocycles. The molecule has 1 spiro atoms. The highest BCUT2D eigenvalue weighted by molar-refractivity contribution is 5.96. The molecule has 9 rings (SSSR count). The number of likely N-dealkylation sites (tertiary alicyclic amines) is 2. The first-order chi connectivity index (χ1) is 34.0. The van der Waals surface area contributed by atoms with Crippen LogP contribution >= 0.6 is 0 Å². The zero-order chi connectivity index (χ0) is 50.4. The summed E-state index contributed by atoms with van der Waals surface area (Å²) in [6, 6.07) is 11.3. The second-order valence-electron chi connectivity index (χ2n) is 21.3. The van der Waals surface area contributed by atoms with Gasteiger partial charge in [0.25, 0.3) is 5.91 Å². The van der Waals surface area contributed by atoms with Gasteiger partial charge in [0.05, 0.1) is 36.5 Å². The first kappa shape index (κ1) is 50.1. The number of aliphatic hydroxyl groups is 1. The van der Waals surface area contributed by atoms with Gasteiger partial charge in [0.1, 0.15) is 29.9 Å². The van der Waals surface area contributed by atoms with E-state index in [1.807, 2.05) is 39.0 Å². The molecule has 5 aliphatic heterocycles. The first-order valence-corrected chi connectivity index (χ1v) is 25.5. The molecule has 0 radical (unpaired) electrons. The smallest absolute Gasteiger partial charge is 0.324 e. The van der Waals surface area contributed by atoms with Crippen LogP contribution in [-0.4, -0.2) is 137 Å². The number of nitrogens with zero attached hydrogens (tertiary/aromatic N) is 5. The number of pyridine rings is 1. The molecule has 1 aromatic heterocycles. The second-order valence-corrected chi connectivity index (χ2v) is 21.3. The number of hydrogen-bond acceptors (Lipinski definition) is 13. The molecule has 7 atom stereocenters. The first-order valence-electron chi connectivity index (χ1n) is 25.5. The third-order valence-corrected chi connectivity index (χ3v) is 15.9. The normalized spacial score (nSPS) is 26.7. The van der Waals surface area contributed by atoms with Gasteiger partial charge in [0, 0.05) is 74.7 Å². The lowest BCUT2D eigenvalue weighted by Gasteiger charge is -2.37. The van der Waals surface area contributed by atoms with Gasteiger partial charge in [-0.05, 0) is 111 Å². The molecular formula is C54H70N8O9. The number of rotatable bonds is 10. The van der Waals surface area contributed by atoms with Crippen molar-refractivity contribution in [2.45, 2.75) is 122 Å². The van der Waals surface area contributed by atoms with Crippen LogP contribution in [-0.2, 0) is 39.9 Å². The van der Waals surface area contributed by atoms with Crippen LogP contribution in [0, 0.1) is 16.7 Å². The highest BCUT2D eigenvalue weighted by Gasteiger charge is 2.55. The number of aromatic nitrogens is 1. The van der Waals surface area contributed by atoms with E-state index < -0.39 is 65.3 Å². The van der Waals surface area contributed by atoms with Crippen LogP contribution in [0.3, 0.4) is 0 Å². The second kappa shape index (κ2) is 20.3. The van der Waals surface area contributed by atoms with Crippen molar-refractivity contribution in [3.8, 4) is 16.9 Å². The number of nitrogens with one attached hydrogen (secondary N) is 2. The molecule has 1 aliphatic carbocycles. The highest BCUT2D eigenvalue weighted by atomic mass is 16.5. The SMILES string of the molecule is CCN1c2ccc3cc2/C(=C\C(C)(C)COC(=O)[C@@H]2CCCN(N2)C(=O)[C@@H](NC(=O)[C@H](C2CCCC2)N2CC[C@]4(CCN(C(=O)[C@H](N)CO)C4)C2=O)Cc2cc(O)cc-3c2)C1c1cccnc1[C@H](C)OC. The number of methoxy groups -OCH3 is 1. The quantitative estimate of drug-likeness (QED) is 0.176. The van der Waals surface area contributed by atoms with Crippen LogP contribution in [0.1, 0.15) is 114 Å². The molecule has 17 heteroatoms. The fraction of sp³-hybridized carbons (Fsp3) is 0.556. The third-order valence-electron chi connectivity index (χ3n) is 15.9. The van der Waals surface area contributed by atoms with Gasteiger partial charge < -0.3 is 45.4 Å². The summed E-state index contributed by atoms with van der Waals surface area (Å²) in [6.45, 7) is 9.48. The summed E-state index contributed by atoms with van der Waals surface area (Å²) in [5.41, 5.74) is 14.5. The Kier molecular flexibility index (Phi) is 14.3. The summed E-state index contributed by atoms with van der Waals surface area (Å²) < 4.78 is 12.0. The number of anilines is 1. The predicted molar refractivity (Wildman–Crippen MR) is 266 cm³/mol. The summed E-state index contributed by atoms with van der Waals surface area (Å²) >= 11 is 0. The minimum Gasteiger partial charge on any atom is -0.508 e. The van der Waals surface area contributed by atoms with Gasteiger partial charge in [-0.2, -0.15) is 0 Å². The number of ether oxygens (including phenoxy) is 2. The Balaban J connectivity index is 1.09. The predicted octanol–water partition coefficient (Wildman–Crippen LogP) is 4.56. The van der Waals surface area contributed by atoms with Crippen molar-refractivity contribution in [3.05, 3.63) is 83.2 Å². The van der Waals surface area contributed by atoms with Crippen LogP contribution in [0.2, 0.25) is 0 Å². The fourth-order valence-corrected chi connectivity index (χ4v) is 12.1. The molecule has 3 saturated heterocycles. The van der Waals surface area contributed by atoms with Crippen molar-refractivity contribution in [2.75, 3.05) is 57.9 Å². The van der Waals surface area contributed by atoms with Crippen molar-refractivity contribution < 1.29 is 43.7 Å². The minimum atomic E-state index is -1.16. The zero-order valence-electron chi connectivity index (χ0n) is 41.7. The van der Waals surface area contributed by atoms with Crippen LogP contribution in [0.4, 0.5) is 5.69 Å². The van der Waals surface area contributed by atoms with Crippen molar-refractivity contribution in [1.82, 2.24) is 30.5 Å². The molecule has 6 bridgehead atoms. The number of fused-ring (bicyclic) bond motifs is 6. The molecule has 4 amide bonds. The van der Waals surface area contributed by atoms with E-state index in [1.165, 1.54) is 5.01 Å². The van der Waals surface area contributed by atoms with Crippen molar-refractivity contribution in [2.24, 2.45) is 22.5 Å². The Morgan fingerprint density at radius 3 is 2.54 bits per heavy atom. The Bertz CT molecular complexity index is 2580. The van der Waals surface area contributed by atoms with E-state index in [0.717, 1.165) is 59.3 Å². The molecule has 6 N–H and O–H groups in total. The van der Waals surface area contributed by atoms with Gasteiger partial charge in [0.2, 0.25) is 17.7 Å². The number of carbonyl (C=O) groups is 5. The average Bonchev–Trinajstić information content (AvgIpc) is 4.19. The lowest BCUT2D eigenvalue weighted by Crippen LogP contribution is -2.62. The molecule has 2 aromatic carbocycles. The summed E-state index contributed by atoms with van der Waals surface area (Å²) in [6.07, 6.45) is 8.76. The maximum absolute atomic E-state index is 15.1. The number of phenols is 1. The van der Waals surface area contributed by atoms with E-state index in [2.05, 4.69) is 46.8 Å². The van der Waals surface area contributed by atoms with Crippen molar-refractivity contribution >= 4 is 40.9 Å². The maximum Gasteiger partial charge on any atom is 0.324 e. The fourth-order valence-electron chi connectivity index (χ4n) is 12.1. The Morgan fingerprint density at radius 2 is 1.79 bits per heavy atom. The van der Waals surface area contributed by atoms with Crippen LogP contribution < -0.4 is 21.4 Å². The van der Waals surface area contributed by atoms with Gasteiger partial charge in [0.15, 0.2) is 0 Å². The van der Waals surface area contributed by atoms with Gasteiger partial charge in [-0.25, -0.2) is 5.43 Å². The topological polar surface area (TPSA) is 220 Å². The Labute approximate surface area is 416 Å². The largest absolute Gasteiger partial charge is 0.508 e. The number of phenolic OH excluding ortho intramolecular Hbond substituents is 1. The van der Waals surface area contributed by atoms with E-state index in [4.69, 9.17) is 20.2 Å². The summed E-state index contributed by atoms with van der Waals surface area (Å²) in [4.78, 5) is 82.1. The van der Waals surface area contributed by atoms with Crippen LogP contribution in [0.15, 0.2) is 60.8 Å². The van der Waals surface area contributed by atoms with E-state index in [9.17, 15) is 29.4 Å². The number of hydrogen-bond donors (Lipinski definition) is 5. The molecule has 4 fully saturated rings. The number of likely N-dealkylation sites (N-methyl/N-ethyl adjacent to an activating group) is 1. The lowest BCUT2D eigenvalue weighted by molar-refractivity contribution is -0.155. The molecule has 17 nitrogen and oxygen atoms in total. The van der Waals surface area contributed by atoms with Gasteiger partial charge >= 0.3 is 5.97 Å². The van der Waals surface area contributed by atoms with Gasteiger partial charge in [-0.15, -0.1) is 0 Å². The molecule has 380 valence electrons. The van der Waals surface area contributed by atoms with E-state index >= 15 is 4.79 Å². The standard InChI is InChI=1S/C54H70N8O9/c1-6-60-44-16-15-35-27-39(44)40(47(60)38-13-9-19-56-45(38)32(2)70-5)28-53(3,4)31-71-51(68)42-14-10-20-62(58-42)50(67)43(25-33-23-36(35)26-37(64)24-33)57-48(65)46(34-11-7-8-12-34)61-22-18-54(52(61)69)17-21-59(30-54)49(66)41(55)29-63/h9,13,15-16,19,23-24,26-28,32,34,41-43,46-47,58,63-64H,6-8,10-12,14,17-18,20-22,25,29-31,55H2,1-5H3,(H,57,65)/b40-28+/t32-,41+,42-,43-,46-,47?,54-/m0/s1. The molecule has 3 aromatic rings. The van der Waals surface area contributed by atoms with Crippen molar-refractivity contribution in [3.63, 3.8) is 0 Å². The Hall–Kier alpha value is -5.88. The van der Waals surface area contributed by atoms with Gasteiger partial charge in [-0.1, -0.05) is 51.0 Å². The number of cyclic esters (lactones) is 1. The summed E-state index contributed by atoms with van der Waals surface area (Å²) in [7, 11) is 1.67. The minimum absolute atomic E-state index is 0.00579. The van der Waals surface area contributed by atoms with E-state index in [1.54, 1.807) is 35.2 Å². The highest BCUT2D eigenvalue weighted by Crippen LogP contribution is 2.52. The average molecular weight is 975 g/mol. The van der Waals surface area contributed by atoms with E-state index in [0.29, 0.717) is 56.4 Å². The third kappa shape index (κ3) is 9.77. The molecule has 1 unspecified atom stereocenters. The zero-order valence-corrected chi connectivity index (χ0v) is 41.7. The number of aliphatic hydroxyl groups excluding tert-OH is 1. The van der Waals surface area contributed by atoms with Crippen LogP contribution in [0.5, 0.6) is 5.75 Å². The van der Waals surface area contributed by atoms with Gasteiger partial charge in [-0.3, -0.25) is 34.0 Å². The molecule has 71 heavy (non-hydrogen) atoms. The molecule has 6 heterocycles. The number of carbonyl (C=O) groups excluding carboxylic acids is 5. The number of esters is 1. The monoisotopic (exact) mass is 975 g/mol. The number of aromatic hydroxyl groups is 1. The van der Waals surface area contributed by atoms with Crippen LogP contribution in [0.25, 0.3) is 16.7 Å². The Morgan fingerprint density at radius 1 is 1.01 bits per heavy atom. The van der Waals surface area contributed by atoms with E-state index in [-0.39, 0.29) is 55.8 Å². The molecule has 6 aliphatic rings. The summed E-state index contributed by atoms with van der Waals surface area (Å²) in [5, 5.41) is 25.5. The number of nitrogens with two attached hydrogens (primary N) is 1. The van der Waals surface area contributed by atoms with Crippen molar-refractivity contribution in [1.29, 1.82) is 0 Å². The number of hydrazine groups is 1. The summed E-state index contributed by atoms with van der Waals surface area (Å²) in [5.74, 6) is -2.17. The maximum atomic E-state index is 15.1.